The van der Waals surface area contributed by atoms with E-state index < -0.39 is 6.10 Å². The Kier molecular flexibility index (Phi) is 4.94. The monoisotopic (exact) mass is 299 g/mol. The lowest BCUT2D eigenvalue weighted by Gasteiger charge is -2.36. The first-order valence-electron chi connectivity index (χ1n) is 8.42. The molecule has 1 heterocycles. The van der Waals surface area contributed by atoms with Gasteiger partial charge in [-0.1, -0.05) is 42.5 Å². The molecule has 1 aromatic rings. The molecule has 2 unspecified atom stereocenters. The van der Waals surface area contributed by atoms with Gasteiger partial charge < -0.3 is 10.0 Å². The molecule has 0 radical (unpaired) electrons. The van der Waals surface area contributed by atoms with Crippen molar-refractivity contribution in [3.8, 4) is 0 Å². The van der Waals surface area contributed by atoms with Crippen LogP contribution in [0.15, 0.2) is 42.5 Å². The Morgan fingerprint density at radius 2 is 1.82 bits per heavy atom. The smallest absolute Gasteiger partial charge is 0.226 e. The minimum absolute atomic E-state index is 0.181. The number of aliphatic hydroxyl groups excluding tert-OH is 1. The van der Waals surface area contributed by atoms with Gasteiger partial charge in [-0.15, -0.1) is 0 Å². The Morgan fingerprint density at radius 3 is 2.45 bits per heavy atom. The molecule has 0 bridgehead atoms. The second kappa shape index (κ2) is 7.10. The van der Waals surface area contributed by atoms with E-state index in [1.54, 1.807) is 0 Å². The maximum atomic E-state index is 12.5. The van der Waals surface area contributed by atoms with Crippen molar-refractivity contribution in [2.24, 2.45) is 11.8 Å². The predicted octanol–water partition coefficient (Wildman–Crippen LogP) is 3.31. The van der Waals surface area contributed by atoms with Crippen molar-refractivity contribution in [3.05, 3.63) is 48.0 Å². The summed E-state index contributed by atoms with van der Waals surface area (Å²) >= 11 is 0. The van der Waals surface area contributed by atoms with Gasteiger partial charge in [-0.2, -0.15) is 0 Å². The molecular formula is C19H25NO2. The fraction of sp³-hybridized carbons (Fsp3) is 0.526. The van der Waals surface area contributed by atoms with Crippen molar-refractivity contribution >= 4 is 5.91 Å². The summed E-state index contributed by atoms with van der Waals surface area (Å²) in [6, 6.07) is 9.87. The van der Waals surface area contributed by atoms with Crippen LogP contribution in [-0.4, -0.2) is 29.0 Å². The van der Waals surface area contributed by atoms with Crippen molar-refractivity contribution < 1.29 is 9.90 Å². The van der Waals surface area contributed by atoms with E-state index in [0.717, 1.165) is 50.8 Å². The predicted molar refractivity (Wildman–Crippen MR) is 87.2 cm³/mol. The number of likely N-dealkylation sites (tertiary alicyclic amines) is 1. The molecule has 2 aliphatic rings. The van der Waals surface area contributed by atoms with Crippen LogP contribution in [-0.2, 0) is 4.79 Å². The van der Waals surface area contributed by atoms with E-state index in [1.165, 1.54) is 0 Å². The molecule has 1 aliphatic heterocycles. The van der Waals surface area contributed by atoms with Crippen molar-refractivity contribution in [1.82, 2.24) is 4.90 Å². The molecule has 3 heteroatoms. The maximum Gasteiger partial charge on any atom is 0.226 e. The van der Waals surface area contributed by atoms with E-state index in [-0.39, 0.29) is 11.8 Å². The van der Waals surface area contributed by atoms with Gasteiger partial charge in [-0.3, -0.25) is 4.79 Å². The van der Waals surface area contributed by atoms with Gasteiger partial charge in [0.25, 0.3) is 0 Å². The summed E-state index contributed by atoms with van der Waals surface area (Å²) in [5.74, 6) is 0.760. The third kappa shape index (κ3) is 3.41. The summed E-state index contributed by atoms with van der Waals surface area (Å²) in [6.07, 6.45) is 8.60. The van der Waals surface area contributed by atoms with E-state index in [9.17, 15) is 9.90 Å². The van der Waals surface area contributed by atoms with Gasteiger partial charge in [-0.05, 0) is 43.6 Å². The van der Waals surface area contributed by atoms with Crippen LogP contribution in [0.2, 0.25) is 0 Å². The van der Waals surface area contributed by atoms with Crippen LogP contribution in [0.3, 0.4) is 0 Å². The summed E-state index contributed by atoms with van der Waals surface area (Å²) in [6.45, 7) is 1.57. The highest BCUT2D eigenvalue weighted by atomic mass is 16.3. The zero-order chi connectivity index (χ0) is 15.4. The Morgan fingerprint density at radius 1 is 1.09 bits per heavy atom. The number of hydrogen-bond donors (Lipinski definition) is 1. The second-order valence-electron chi connectivity index (χ2n) is 6.50. The van der Waals surface area contributed by atoms with Crippen molar-refractivity contribution in [3.63, 3.8) is 0 Å². The number of amides is 1. The van der Waals surface area contributed by atoms with E-state index >= 15 is 0 Å². The zero-order valence-electron chi connectivity index (χ0n) is 13.0. The van der Waals surface area contributed by atoms with Crippen molar-refractivity contribution in [2.45, 2.75) is 38.2 Å². The quantitative estimate of drug-likeness (QED) is 0.870. The number of piperidine rings is 1. The summed E-state index contributed by atoms with van der Waals surface area (Å²) < 4.78 is 0. The van der Waals surface area contributed by atoms with Crippen molar-refractivity contribution in [1.29, 1.82) is 0 Å². The van der Waals surface area contributed by atoms with Gasteiger partial charge in [0, 0.05) is 19.0 Å². The largest absolute Gasteiger partial charge is 0.388 e. The average molecular weight is 299 g/mol. The summed E-state index contributed by atoms with van der Waals surface area (Å²) in [7, 11) is 0. The standard InChI is InChI=1S/C19H25NO2/c21-18(15-7-3-1-4-8-15)16-11-13-20(14-12-16)19(22)17-9-5-2-6-10-17/h1-5,7-8,16-18,21H,6,9-14H2. The average Bonchev–Trinajstić information content (AvgIpc) is 2.62. The van der Waals surface area contributed by atoms with E-state index in [1.807, 2.05) is 35.2 Å². The molecule has 0 saturated carbocycles. The number of carbonyl (C=O) groups is 1. The fourth-order valence-electron chi connectivity index (χ4n) is 3.63. The minimum Gasteiger partial charge on any atom is -0.388 e. The Hall–Kier alpha value is -1.61. The molecule has 1 saturated heterocycles. The molecule has 22 heavy (non-hydrogen) atoms. The number of benzene rings is 1. The molecule has 1 amide bonds. The van der Waals surface area contributed by atoms with Crippen LogP contribution < -0.4 is 0 Å². The first-order chi connectivity index (χ1) is 10.8. The van der Waals surface area contributed by atoms with Gasteiger partial charge >= 0.3 is 0 Å². The highest BCUT2D eigenvalue weighted by Crippen LogP contribution is 2.31. The molecule has 118 valence electrons. The van der Waals surface area contributed by atoms with Gasteiger partial charge in [0.05, 0.1) is 6.10 Å². The van der Waals surface area contributed by atoms with Crippen LogP contribution >= 0.6 is 0 Å². The van der Waals surface area contributed by atoms with Gasteiger partial charge in [0.15, 0.2) is 0 Å². The molecule has 1 aromatic carbocycles. The third-order valence-corrected chi connectivity index (χ3v) is 5.06. The molecule has 3 rings (SSSR count). The van der Waals surface area contributed by atoms with Crippen LogP contribution in [0.25, 0.3) is 0 Å². The number of nitrogens with zero attached hydrogens (tertiary/aromatic N) is 1. The summed E-state index contributed by atoms with van der Waals surface area (Å²) in [4.78, 5) is 14.5. The van der Waals surface area contributed by atoms with Crippen molar-refractivity contribution in [2.75, 3.05) is 13.1 Å². The lowest BCUT2D eigenvalue weighted by atomic mass is 9.86. The maximum absolute atomic E-state index is 12.5. The lowest BCUT2D eigenvalue weighted by Crippen LogP contribution is -2.42. The Labute approximate surface area is 132 Å². The summed E-state index contributed by atoms with van der Waals surface area (Å²) in [5.41, 5.74) is 0.990. The van der Waals surface area contributed by atoms with Crippen LogP contribution in [0.1, 0.15) is 43.8 Å². The van der Waals surface area contributed by atoms with E-state index in [0.29, 0.717) is 5.91 Å². The molecule has 0 spiro atoms. The molecule has 1 aliphatic carbocycles. The minimum atomic E-state index is -0.406. The zero-order valence-corrected chi connectivity index (χ0v) is 13.0. The van der Waals surface area contributed by atoms with Gasteiger partial charge in [0.1, 0.15) is 0 Å². The molecule has 1 N–H and O–H groups in total. The first kappa shape index (κ1) is 15.3. The third-order valence-electron chi connectivity index (χ3n) is 5.06. The molecule has 2 atom stereocenters. The SMILES string of the molecule is O=C(C1CC=CCC1)N1CCC(C(O)c2ccccc2)CC1. The molecule has 3 nitrogen and oxygen atoms in total. The topological polar surface area (TPSA) is 40.5 Å². The van der Waals surface area contributed by atoms with E-state index in [2.05, 4.69) is 12.2 Å². The second-order valence-corrected chi connectivity index (χ2v) is 6.50. The first-order valence-corrected chi connectivity index (χ1v) is 8.42. The number of carbonyl (C=O) groups excluding carboxylic acids is 1. The fourth-order valence-corrected chi connectivity index (χ4v) is 3.63. The van der Waals surface area contributed by atoms with Crippen LogP contribution in [0, 0.1) is 11.8 Å². The highest BCUT2D eigenvalue weighted by Gasteiger charge is 2.31. The van der Waals surface area contributed by atoms with Crippen LogP contribution in [0.4, 0.5) is 0 Å². The molecular weight excluding hydrogens is 274 g/mol. The number of hydrogen-bond acceptors (Lipinski definition) is 2. The van der Waals surface area contributed by atoms with Gasteiger partial charge in [-0.25, -0.2) is 0 Å². The Balaban J connectivity index is 1.54. The number of rotatable bonds is 3. The van der Waals surface area contributed by atoms with Crippen LogP contribution in [0.5, 0.6) is 0 Å². The molecule has 1 fully saturated rings. The normalized spacial score (nSPS) is 24.2. The summed E-state index contributed by atoms with van der Waals surface area (Å²) in [5, 5.41) is 10.5. The Bertz CT molecular complexity index is 517. The van der Waals surface area contributed by atoms with Gasteiger partial charge in [0.2, 0.25) is 5.91 Å². The molecule has 0 aromatic heterocycles. The number of allylic oxidation sites excluding steroid dienone is 2. The lowest BCUT2D eigenvalue weighted by molar-refractivity contribution is -0.137. The van der Waals surface area contributed by atoms with E-state index in [4.69, 9.17) is 0 Å². The highest BCUT2D eigenvalue weighted by molar-refractivity contribution is 5.79. The number of aliphatic hydroxyl groups is 1.